The van der Waals surface area contributed by atoms with E-state index in [4.69, 9.17) is 4.42 Å². The lowest BCUT2D eigenvalue weighted by molar-refractivity contribution is -0.130. The minimum absolute atomic E-state index is 0.0531. The van der Waals surface area contributed by atoms with Crippen LogP contribution in [0.4, 0.5) is 0 Å². The molecule has 1 aromatic heterocycles. The van der Waals surface area contributed by atoms with Crippen molar-refractivity contribution in [1.29, 1.82) is 0 Å². The van der Waals surface area contributed by atoms with Crippen LogP contribution in [-0.2, 0) is 4.79 Å². The Balaban J connectivity index is 1.74. The van der Waals surface area contributed by atoms with Crippen LogP contribution in [-0.4, -0.2) is 47.8 Å². The van der Waals surface area contributed by atoms with Crippen molar-refractivity contribution in [3.05, 3.63) is 35.6 Å². The summed E-state index contributed by atoms with van der Waals surface area (Å²) in [5.74, 6) is 0.454. The molecule has 0 aliphatic carbocycles. The summed E-state index contributed by atoms with van der Waals surface area (Å²) in [5.41, 5.74) is 1.65. The molecule has 1 saturated heterocycles. The summed E-state index contributed by atoms with van der Waals surface area (Å²) in [4.78, 5) is 27.8. The molecular formula is C18H22N2O3. The number of aryl methyl sites for hydroxylation is 1. The second-order valence-electron chi connectivity index (χ2n) is 6.21. The van der Waals surface area contributed by atoms with Gasteiger partial charge in [0.15, 0.2) is 5.76 Å². The first kappa shape index (κ1) is 15.6. The van der Waals surface area contributed by atoms with E-state index >= 15 is 0 Å². The van der Waals surface area contributed by atoms with E-state index in [2.05, 4.69) is 0 Å². The molecule has 0 N–H and O–H groups in total. The zero-order valence-electron chi connectivity index (χ0n) is 13.8. The highest BCUT2D eigenvalue weighted by atomic mass is 16.3. The van der Waals surface area contributed by atoms with Gasteiger partial charge in [0.2, 0.25) is 5.91 Å². The van der Waals surface area contributed by atoms with Crippen LogP contribution in [0.1, 0.15) is 35.9 Å². The number of hydrogen-bond acceptors (Lipinski definition) is 3. The summed E-state index contributed by atoms with van der Waals surface area (Å²) in [6.07, 6.45) is 1.61. The zero-order valence-corrected chi connectivity index (χ0v) is 13.8. The van der Waals surface area contributed by atoms with Gasteiger partial charge in [-0.1, -0.05) is 18.2 Å². The van der Waals surface area contributed by atoms with Crippen molar-refractivity contribution < 1.29 is 14.0 Å². The maximum Gasteiger partial charge on any atom is 0.289 e. The number of likely N-dealkylation sites (tertiary alicyclic amines) is 1. The highest BCUT2D eigenvalue weighted by molar-refractivity contribution is 5.98. The molecule has 0 bridgehead atoms. The molecule has 1 aliphatic rings. The number of hydrogen-bond donors (Lipinski definition) is 0. The molecular weight excluding hydrogens is 292 g/mol. The van der Waals surface area contributed by atoms with E-state index in [0.717, 1.165) is 29.4 Å². The quantitative estimate of drug-likeness (QED) is 0.856. The number of benzene rings is 1. The first-order chi connectivity index (χ1) is 11.0. The fraction of sp³-hybridized carbons (Fsp3) is 0.444. The molecule has 0 unspecified atom stereocenters. The second kappa shape index (κ2) is 6.07. The van der Waals surface area contributed by atoms with Crippen LogP contribution in [0.3, 0.4) is 0 Å². The smallest absolute Gasteiger partial charge is 0.289 e. The number of rotatable bonds is 2. The summed E-state index contributed by atoms with van der Waals surface area (Å²) in [6.45, 7) is 4.81. The Morgan fingerprint density at radius 2 is 1.87 bits per heavy atom. The Labute approximate surface area is 135 Å². The van der Waals surface area contributed by atoms with Gasteiger partial charge in [-0.05, 0) is 25.8 Å². The normalized spacial score (nSPS) is 15.9. The van der Waals surface area contributed by atoms with Crippen molar-refractivity contribution in [1.82, 2.24) is 9.80 Å². The van der Waals surface area contributed by atoms with Crippen LogP contribution >= 0.6 is 0 Å². The van der Waals surface area contributed by atoms with Crippen LogP contribution in [0.5, 0.6) is 0 Å². The lowest BCUT2D eigenvalue weighted by Crippen LogP contribution is -2.46. The van der Waals surface area contributed by atoms with E-state index < -0.39 is 0 Å². The molecule has 2 heterocycles. The largest absolute Gasteiger partial charge is 0.451 e. The molecule has 3 rings (SSSR count). The number of para-hydroxylation sites is 1. The first-order valence-corrected chi connectivity index (χ1v) is 8.00. The van der Waals surface area contributed by atoms with Crippen LogP contribution in [0.15, 0.2) is 28.7 Å². The third kappa shape index (κ3) is 2.83. The number of fused-ring (bicyclic) bond motifs is 1. The van der Waals surface area contributed by atoms with E-state index in [0.29, 0.717) is 18.8 Å². The predicted octanol–water partition coefficient (Wildman–Crippen LogP) is 2.82. The minimum atomic E-state index is -0.0531. The molecule has 0 radical (unpaired) electrons. The lowest BCUT2D eigenvalue weighted by Gasteiger charge is -2.36. The van der Waals surface area contributed by atoms with Crippen molar-refractivity contribution in [2.75, 3.05) is 20.1 Å². The molecule has 5 nitrogen and oxygen atoms in total. The molecule has 122 valence electrons. The summed E-state index contributed by atoms with van der Waals surface area (Å²) in [5, 5.41) is 0.988. The Morgan fingerprint density at radius 1 is 1.22 bits per heavy atom. The second-order valence-corrected chi connectivity index (χ2v) is 6.21. The monoisotopic (exact) mass is 314 g/mol. The Hall–Kier alpha value is -2.30. The zero-order chi connectivity index (χ0) is 16.6. The molecule has 1 aliphatic heterocycles. The summed E-state index contributed by atoms with van der Waals surface area (Å²) < 4.78 is 5.77. The van der Waals surface area contributed by atoms with E-state index in [1.165, 1.54) is 0 Å². The molecule has 0 atom stereocenters. The molecule has 1 fully saturated rings. The predicted molar refractivity (Wildman–Crippen MR) is 88.3 cm³/mol. The summed E-state index contributed by atoms with van der Waals surface area (Å²) in [7, 11) is 1.83. The molecule has 2 amide bonds. The molecule has 5 heteroatoms. The first-order valence-electron chi connectivity index (χ1n) is 8.00. The Kier molecular flexibility index (Phi) is 4.11. The van der Waals surface area contributed by atoms with Crippen LogP contribution in [0, 0.1) is 6.92 Å². The third-order valence-corrected chi connectivity index (χ3v) is 4.83. The highest BCUT2D eigenvalue weighted by Crippen LogP contribution is 2.27. The van der Waals surface area contributed by atoms with E-state index in [1.54, 1.807) is 11.8 Å². The van der Waals surface area contributed by atoms with E-state index in [1.807, 2.05) is 43.1 Å². The van der Waals surface area contributed by atoms with Gasteiger partial charge >= 0.3 is 0 Å². The average molecular weight is 314 g/mol. The Morgan fingerprint density at radius 3 is 2.48 bits per heavy atom. The SMILES string of the molecule is CC(=O)N(C)C1CCN(C(=O)c2oc3ccccc3c2C)CC1. The van der Waals surface area contributed by atoms with Crippen LogP contribution in [0.2, 0.25) is 0 Å². The number of piperidine rings is 1. The van der Waals surface area contributed by atoms with Gasteiger partial charge in [-0.3, -0.25) is 9.59 Å². The summed E-state index contributed by atoms with van der Waals surface area (Å²) in [6, 6.07) is 7.92. The van der Waals surface area contributed by atoms with Crippen molar-refractivity contribution in [2.24, 2.45) is 0 Å². The lowest BCUT2D eigenvalue weighted by atomic mass is 10.0. The molecule has 2 aromatic rings. The van der Waals surface area contributed by atoms with Gasteiger partial charge in [0.25, 0.3) is 5.91 Å². The number of carbonyl (C=O) groups excluding carboxylic acids is 2. The van der Waals surface area contributed by atoms with Crippen molar-refractivity contribution in [3.8, 4) is 0 Å². The highest BCUT2D eigenvalue weighted by Gasteiger charge is 2.29. The average Bonchev–Trinajstić information content (AvgIpc) is 2.91. The number of furan rings is 1. The van der Waals surface area contributed by atoms with Crippen LogP contribution < -0.4 is 0 Å². The third-order valence-electron chi connectivity index (χ3n) is 4.83. The topological polar surface area (TPSA) is 53.8 Å². The maximum atomic E-state index is 12.8. The number of carbonyl (C=O) groups is 2. The maximum absolute atomic E-state index is 12.8. The van der Waals surface area contributed by atoms with Crippen molar-refractivity contribution >= 4 is 22.8 Å². The minimum Gasteiger partial charge on any atom is -0.451 e. The molecule has 0 spiro atoms. The fourth-order valence-electron chi connectivity index (χ4n) is 3.24. The van der Waals surface area contributed by atoms with Gasteiger partial charge in [-0.15, -0.1) is 0 Å². The van der Waals surface area contributed by atoms with E-state index in [-0.39, 0.29) is 17.9 Å². The van der Waals surface area contributed by atoms with Gasteiger partial charge < -0.3 is 14.2 Å². The Bertz CT molecular complexity index is 742. The van der Waals surface area contributed by atoms with Crippen molar-refractivity contribution in [2.45, 2.75) is 32.7 Å². The van der Waals surface area contributed by atoms with Crippen LogP contribution in [0.25, 0.3) is 11.0 Å². The fourth-order valence-corrected chi connectivity index (χ4v) is 3.24. The summed E-state index contributed by atoms with van der Waals surface area (Å²) >= 11 is 0. The van der Waals surface area contributed by atoms with Gasteiger partial charge in [-0.25, -0.2) is 0 Å². The number of nitrogens with zero attached hydrogens (tertiary/aromatic N) is 2. The van der Waals surface area contributed by atoms with Gasteiger partial charge in [-0.2, -0.15) is 0 Å². The van der Waals surface area contributed by atoms with Gasteiger partial charge in [0.05, 0.1) is 0 Å². The molecule has 0 saturated carbocycles. The van der Waals surface area contributed by atoms with Gasteiger partial charge in [0.1, 0.15) is 5.58 Å². The molecule has 23 heavy (non-hydrogen) atoms. The van der Waals surface area contributed by atoms with Crippen molar-refractivity contribution in [3.63, 3.8) is 0 Å². The van der Waals surface area contributed by atoms with E-state index in [9.17, 15) is 9.59 Å². The van der Waals surface area contributed by atoms with Gasteiger partial charge in [0, 0.05) is 44.1 Å². The standard InChI is InChI=1S/C18H22N2O3/c1-12-15-6-4-5-7-16(15)23-17(12)18(22)20-10-8-14(9-11-20)19(3)13(2)21/h4-7,14H,8-11H2,1-3H3. The molecule has 1 aromatic carbocycles. The number of amides is 2.